The molecular weight excluding hydrogens is 377 g/mol. The van der Waals surface area contributed by atoms with Gasteiger partial charge in [-0.15, -0.1) is 10.2 Å². The lowest BCUT2D eigenvalue weighted by molar-refractivity contribution is -0.133. The Hall–Kier alpha value is -2.40. The van der Waals surface area contributed by atoms with Crippen molar-refractivity contribution in [1.82, 2.24) is 19.7 Å². The molecule has 1 amide bonds. The van der Waals surface area contributed by atoms with E-state index in [0.29, 0.717) is 29.4 Å². The third-order valence-corrected chi connectivity index (χ3v) is 6.56. The van der Waals surface area contributed by atoms with E-state index in [1.165, 1.54) is 17.8 Å². The van der Waals surface area contributed by atoms with Gasteiger partial charge in [0.15, 0.2) is 11.0 Å². The molecule has 6 nitrogen and oxygen atoms in total. The van der Waals surface area contributed by atoms with Crippen molar-refractivity contribution in [3.8, 4) is 17.5 Å². The molecule has 0 saturated heterocycles. The van der Waals surface area contributed by atoms with Crippen molar-refractivity contribution in [3.63, 3.8) is 0 Å². The molecule has 1 aliphatic rings. The summed E-state index contributed by atoms with van der Waals surface area (Å²) in [7, 11) is 3.47. The fourth-order valence-corrected chi connectivity index (χ4v) is 4.55. The van der Waals surface area contributed by atoms with Crippen molar-refractivity contribution in [1.29, 1.82) is 5.26 Å². The van der Waals surface area contributed by atoms with Crippen LogP contribution >= 0.6 is 11.8 Å². The topological polar surface area (TPSA) is 74.8 Å². The number of aromatic nitrogens is 3. The molecule has 2 aromatic rings. The van der Waals surface area contributed by atoms with E-state index in [1.54, 1.807) is 48.7 Å². The van der Waals surface area contributed by atoms with Crippen LogP contribution in [0.1, 0.15) is 39.0 Å². The quantitative estimate of drug-likeness (QED) is 0.713. The van der Waals surface area contributed by atoms with Crippen molar-refractivity contribution >= 4 is 17.7 Å². The Bertz CT molecular complexity index is 900. The van der Waals surface area contributed by atoms with E-state index in [2.05, 4.69) is 16.3 Å². The van der Waals surface area contributed by atoms with E-state index in [-0.39, 0.29) is 11.7 Å². The number of halogens is 1. The van der Waals surface area contributed by atoms with E-state index in [0.717, 1.165) is 19.3 Å². The molecule has 0 radical (unpaired) electrons. The number of amides is 1. The smallest absolute Gasteiger partial charge is 0.236 e. The van der Waals surface area contributed by atoms with Gasteiger partial charge in [-0.3, -0.25) is 4.79 Å². The molecular formula is C20H24FN5OS. The summed E-state index contributed by atoms with van der Waals surface area (Å²) < 4.78 is 15.8. The molecule has 1 aromatic heterocycles. The minimum atomic E-state index is -0.720. The van der Waals surface area contributed by atoms with Crippen molar-refractivity contribution in [3.05, 3.63) is 30.1 Å². The molecule has 1 fully saturated rings. The number of rotatable bonds is 5. The first-order valence-corrected chi connectivity index (χ1v) is 10.3. The molecule has 0 bridgehead atoms. The number of thioether (sulfide) groups is 1. The van der Waals surface area contributed by atoms with Crippen molar-refractivity contribution in [2.24, 2.45) is 7.05 Å². The van der Waals surface area contributed by atoms with Crippen molar-refractivity contribution < 1.29 is 9.18 Å². The van der Waals surface area contributed by atoms with Crippen LogP contribution in [0.3, 0.4) is 0 Å². The molecule has 0 aliphatic heterocycles. The molecule has 1 heterocycles. The van der Waals surface area contributed by atoms with E-state index in [4.69, 9.17) is 0 Å². The average Bonchev–Trinajstić information content (AvgIpc) is 3.07. The third-order valence-electron chi connectivity index (χ3n) is 5.44. The largest absolute Gasteiger partial charge is 0.326 e. The Morgan fingerprint density at radius 2 is 2.00 bits per heavy atom. The molecule has 0 N–H and O–H groups in total. The number of carbonyl (C=O) groups excluding carboxylic acids is 1. The summed E-state index contributed by atoms with van der Waals surface area (Å²) in [6.07, 6.45) is 4.45. The van der Waals surface area contributed by atoms with Gasteiger partial charge in [0.1, 0.15) is 11.4 Å². The molecule has 28 heavy (non-hydrogen) atoms. The molecule has 0 spiro atoms. The second-order valence-electron chi connectivity index (χ2n) is 7.21. The lowest BCUT2D eigenvalue weighted by Gasteiger charge is -2.40. The van der Waals surface area contributed by atoms with Gasteiger partial charge in [-0.1, -0.05) is 43.2 Å². The van der Waals surface area contributed by atoms with E-state index >= 15 is 0 Å². The zero-order valence-corrected chi connectivity index (χ0v) is 17.2. The van der Waals surface area contributed by atoms with Crippen LogP contribution in [0, 0.1) is 17.1 Å². The normalized spacial score (nSPS) is 17.0. The fraction of sp³-hybridized carbons (Fsp3) is 0.500. The van der Waals surface area contributed by atoms with Crippen molar-refractivity contribution in [2.75, 3.05) is 7.05 Å². The number of hydrogen-bond acceptors (Lipinski definition) is 5. The predicted molar refractivity (Wildman–Crippen MR) is 106 cm³/mol. The van der Waals surface area contributed by atoms with Gasteiger partial charge in [-0.25, -0.2) is 4.39 Å². The second kappa shape index (κ2) is 8.31. The summed E-state index contributed by atoms with van der Waals surface area (Å²) in [5.74, 6) is -0.0649. The Labute approximate surface area is 168 Å². The van der Waals surface area contributed by atoms with Crippen LogP contribution in [-0.2, 0) is 11.8 Å². The second-order valence-corrected chi connectivity index (χ2v) is 8.51. The first kappa shape index (κ1) is 20.3. The zero-order chi connectivity index (χ0) is 20.3. The van der Waals surface area contributed by atoms with Gasteiger partial charge < -0.3 is 9.47 Å². The average molecular weight is 402 g/mol. The Kier molecular flexibility index (Phi) is 6.04. The van der Waals surface area contributed by atoms with Crippen LogP contribution < -0.4 is 0 Å². The first-order chi connectivity index (χ1) is 13.4. The summed E-state index contributed by atoms with van der Waals surface area (Å²) in [5, 5.41) is 18.0. The molecule has 1 atom stereocenters. The molecule has 3 rings (SSSR count). The first-order valence-electron chi connectivity index (χ1n) is 9.39. The molecule has 0 unspecified atom stereocenters. The van der Waals surface area contributed by atoms with Crippen LogP contribution in [0.4, 0.5) is 4.39 Å². The highest BCUT2D eigenvalue weighted by molar-refractivity contribution is 8.00. The SMILES string of the molecule is C[C@@H](Sc1nnc(-c2ccccc2F)n1C)C(=O)N(C)C1(C#N)CCCCC1. The summed E-state index contributed by atoms with van der Waals surface area (Å²) in [5.41, 5.74) is -0.353. The van der Waals surface area contributed by atoms with Gasteiger partial charge in [0.05, 0.1) is 16.9 Å². The monoisotopic (exact) mass is 401 g/mol. The molecule has 8 heteroatoms. The van der Waals surface area contributed by atoms with E-state index in [9.17, 15) is 14.4 Å². The molecule has 148 valence electrons. The summed E-state index contributed by atoms with van der Waals surface area (Å²) in [6, 6.07) is 8.77. The highest BCUT2D eigenvalue weighted by Gasteiger charge is 2.40. The minimum Gasteiger partial charge on any atom is -0.326 e. The van der Waals surface area contributed by atoms with Crippen LogP contribution in [0.2, 0.25) is 0 Å². The zero-order valence-electron chi connectivity index (χ0n) is 16.4. The van der Waals surface area contributed by atoms with E-state index < -0.39 is 10.8 Å². The van der Waals surface area contributed by atoms with Crippen LogP contribution in [0.25, 0.3) is 11.4 Å². The molecule has 1 aliphatic carbocycles. The molecule has 1 aromatic carbocycles. The Morgan fingerprint density at radius 1 is 1.32 bits per heavy atom. The van der Waals surface area contributed by atoms with Gasteiger partial charge >= 0.3 is 0 Å². The van der Waals surface area contributed by atoms with Crippen LogP contribution in [0.15, 0.2) is 29.4 Å². The van der Waals surface area contributed by atoms with Crippen LogP contribution in [0.5, 0.6) is 0 Å². The third kappa shape index (κ3) is 3.76. The molecule has 1 saturated carbocycles. The number of benzene rings is 1. The van der Waals surface area contributed by atoms with Gasteiger partial charge in [0.2, 0.25) is 5.91 Å². The minimum absolute atomic E-state index is 0.108. The Balaban J connectivity index is 1.76. The number of nitrogens with zero attached hydrogens (tertiary/aromatic N) is 5. The van der Waals surface area contributed by atoms with Gasteiger partial charge in [0, 0.05) is 14.1 Å². The predicted octanol–water partition coefficient (Wildman–Crippen LogP) is 3.79. The van der Waals surface area contributed by atoms with Gasteiger partial charge in [0.25, 0.3) is 0 Å². The number of carbonyl (C=O) groups is 1. The maximum Gasteiger partial charge on any atom is 0.236 e. The highest BCUT2D eigenvalue weighted by atomic mass is 32.2. The lowest BCUT2D eigenvalue weighted by Crippen LogP contribution is -2.52. The summed E-state index contributed by atoms with van der Waals surface area (Å²) in [4.78, 5) is 14.6. The van der Waals surface area contributed by atoms with Gasteiger partial charge in [-0.2, -0.15) is 5.26 Å². The highest BCUT2D eigenvalue weighted by Crippen LogP contribution is 2.34. The number of nitriles is 1. The number of hydrogen-bond donors (Lipinski definition) is 0. The standard InChI is InChI=1S/C20H24FN5OS/c1-14(18(27)26(3)20(13-22)11-7-4-8-12-20)28-19-24-23-17(25(19)2)15-9-5-6-10-16(15)21/h5-6,9-10,14H,4,7-8,11-12H2,1-3H3/t14-/m1/s1. The van der Waals surface area contributed by atoms with Crippen molar-refractivity contribution in [2.45, 2.75) is 55.0 Å². The maximum atomic E-state index is 14.1. The Morgan fingerprint density at radius 3 is 2.64 bits per heavy atom. The van der Waals surface area contributed by atoms with E-state index in [1.807, 2.05) is 0 Å². The summed E-state index contributed by atoms with van der Waals surface area (Å²) in [6.45, 7) is 1.80. The fourth-order valence-electron chi connectivity index (χ4n) is 3.65. The van der Waals surface area contributed by atoms with Gasteiger partial charge in [-0.05, 0) is 31.9 Å². The van der Waals surface area contributed by atoms with Crippen LogP contribution in [-0.4, -0.2) is 43.4 Å². The maximum absolute atomic E-state index is 14.1. The summed E-state index contributed by atoms with van der Waals surface area (Å²) >= 11 is 1.27. The lowest BCUT2D eigenvalue weighted by atomic mass is 9.81.